The highest BCUT2D eigenvalue weighted by atomic mass is 35.5. The minimum Gasteiger partial charge on any atom is -0.463 e. The van der Waals surface area contributed by atoms with E-state index in [1.54, 1.807) is 19.1 Å². The minimum absolute atomic E-state index is 0.249. The number of benzene rings is 2. The third-order valence-electron chi connectivity index (χ3n) is 3.39. The van der Waals surface area contributed by atoms with Crippen LogP contribution in [0.3, 0.4) is 0 Å². The number of carbonyl (C=O) groups is 1. The first kappa shape index (κ1) is 18.5. The zero-order valence-corrected chi connectivity index (χ0v) is 14.8. The summed E-state index contributed by atoms with van der Waals surface area (Å²) in [7, 11) is 0. The molecule has 0 radical (unpaired) electrons. The maximum atomic E-state index is 11.3. The quantitative estimate of drug-likeness (QED) is 0.600. The second-order valence-electron chi connectivity index (χ2n) is 5.33. The lowest BCUT2D eigenvalue weighted by molar-refractivity contribution is -0.137. The van der Waals surface area contributed by atoms with Gasteiger partial charge in [-0.1, -0.05) is 53.5 Å². The van der Waals surface area contributed by atoms with Gasteiger partial charge in [-0.3, -0.25) is 0 Å². The van der Waals surface area contributed by atoms with E-state index in [0.717, 1.165) is 16.7 Å². The Balaban J connectivity index is 2.02. The molecule has 0 unspecified atom stereocenters. The van der Waals surface area contributed by atoms with E-state index in [-0.39, 0.29) is 12.0 Å². The van der Waals surface area contributed by atoms with Crippen LogP contribution in [0.25, 0.3) is 11.1 Å². The molecule has 0 aliphatic heterocycles. The van der Waals surface area contributed by atoms with E-state index in [4.69, 9.17) is 33.7 Å². The molecule has 2 rings (SSSR count). The van der Waals surface area contributed by atoms with Gasteiger partial charge in [0.2, 0.25) is 0 Å². The van der Waals surface area contributed by atoms with E-state index in [1.807, 2.05) is 36.4 Å². The Morgan fingerprint density at radius 1 is 1.12 bits per heavy atom. The molecule has 0 saturated heterocycles. The van der Waals surface area contributed by atoms with E-state index < -0.39 is 0 Å². The topological polar surface area (TPSA) is 52.3 Å². The van der Waals surface area contributed by atoms with Crippen LogP contribution in [0.2, 0.25) is 10.0 Å². The first-order chi connectivity index (χ1) is 11.5. The molecule has 24 heavy (non-hydrogen) atoms. The molecule has 5 heteroatoms. The number of rotatable bonds is 6. The van der Waals surface area contributed by atoms with Crippen molar-refractivity contribution < 1.29 is 9.53 Å². The molecule has 0 aliphatic carbocycles. The third kappa shape index (κ3) is 5.68. The monoisotopic (exact) mass is 363 g/mol. The molecule has 0 aliphatic rings. The molecule has 126 valence electrons. The summed E-state index contributed by atoms with van der Waals surface area (Å²) in [5.41, 5.74) is 9.08. The summed E-state index contributed by atoms with van der Waals surface area (Å²) in [5, 5.41) is 1.21. The Kier molecular flexibility index (Phi) is 6.85. The van der Waals surface area contributed by atoms with Crippen LogP contribution in [0, 0.1) is 0 Å². The summed E-state index contributed by atoms with van der Waals surface area (Å²) in [6.45, 7) is 2.12. The van der Waals surface area contributed by atoms with E-state index in [9.17, 15) is 4.79 Å². The maximum absolute atomic E-state index is 11.3. The molecule has 0 saturated carbocycles. The lowest BCUT2D eigenvalue weighted by atomic mass is 10.0. The van der Waals surface area contributed by atoms with Crippen molar-refractivity contribution in [3.63, 3.8) is 0 Å². The summed E-state index contributed by atoms with van der Waals surface area (Å²) in [5.74, 6) is -0.374. The van der Waals surface area contributed by atoms with Crippen LogP contribution in [0.1, 0.15) is 12.5 Å². The van der Waals surface area contributed by atoms with E-state index in [0.29, 0.717) is 23.1 Å². The average Bonchev–Trinajstić information content (AvgIpc) is 2.53. The second kappa shape index (κ2) is 8.88. The van der Waals surface area contributed by atoms with Gasteiger partial charge in [0.05, 0.1) is 6.61 Å². The van der Waals surface area contributed by atoms with Crippen LogP contribution in [0.15, 0.2) is 54.6 Å². The third-order valence-corrected chi connectivity index (χ3v) is 3.82. The van der Waals surface area contributed by atoms with Crippen molar-refractivity contribution in [2.75, 3.05) is 6.61 Å². The first-order valence-corrected chi connectivity index (χ1v) is 8.39. The number of hydrogen-bond donors (Lipinski definition) is 1. The number of esters is 1. The molecule has 0 amide bonds. The molecule has 2 aromatic carbocycles. The summed E-state index contributed by atoms with van der Waals surface area (Å²) in [4.78, 5) is 11.3. The van der Waals surface area contributed by atoms with Gasteiger partial charge in [-0.15, -0.1) is 0 Å². The molecule has 0 fully saturated rings. The summed E-state index contributed by atoms with van der Waals surface area (Å²) >= 11 is 12.1. The molecule has 2 N–H and O–H groups in total. The van der Waals surface area contributed by atoms with Crippen LogP contribution in [-0.2, 0) is 16.0 Å². The van der Waals surface area contributed by atoms with Crippen LogP contribution < -0.4 is 5.73 Å². The number of hydrogen-bond acceptors (Lipinski definition) is 3. The zero-order valence-electron chi connectivity index (χ0n) is 13.3. The predicted molar refractivity (Wildman–Crippen MR) is 99.4 cm³/mol. The van der Waals surface area contributed by atoms with Gasteiger partial charge in [0.15, 0.2) is 0 Å². The maximum Gasteiger partial charge on any atom is 0.330 e. The largest absolute Gasteiger partial charge is 0.463 e. The number of halogens is 2. The van der Waals surface area contributed by atoms with E-state index >= 15 is 0 Å². The fourth-order valence-electron chi connectivity index (χ4n) is 2.29. The lowest BCUT2D eigenvalue weighted by Crippen LogP contribution is -2.20. The lowest BCUT2D eigenvalue weighted by Gasteiger charge is -2.09. The van der Waals surface area contributed by atoms with Gasteiger partial charge in [0.25, 0.3) is 0 Å². The first-order valence-electron chi connectivity index (χ1n) is 7.64. The highest BCUT2D eigenvalue weighted by Gasteiger charge is 2.05. The highest BCUT2D eigenvalue weighted by molar-refractivity contribution is 6.35. The molecule has 0 bridgehead atoms. The Labute approximate surface area is 152 Å². The van der Waals surface area contributed by atoms with Crippen LogP contribution >= 0.6 is 23.2 Å². The smallest absolute Gasteiger partial charge is 0.330 e. The minimum atomic E-state index is -0.374. The number of nitrogens with two attached hydrogens (primary N) is 1. The van der Waals surface area contributed by atoms with Crippen molar-refractivity contribution in [3.05, 3.63) is 70.2 Å². The molecule has 2 aromatic rings. The number of carbonyl (C=O) groups excluding carboxylic acids is 1. The van der Waals surface area contributed by atoms with Crippen molar-refractivity contribution in [2.45, 2.75) is 19.4 Å². The molecule has 3 nitrogen and oxygen atoms in total. The fraction of sp³-hybridized carbons (Fsp3) is 0.211. The fourth-order valence-corrected chi connectivity index (χ4v) is 2.81. The van der Waals surface area contributed by atoms with Crippen molar-refractivity contribution in [3.8, 4) is 11.1 Å². The van der Waals surface area contributed by atoms with Crippen LogP contribution in [-0.4, -0.2) is 18.6 Å². The van der Waals surface area contributed by atoms with Gasteiger partial charge in [-0.2, -0.15) is 0 Å². The zero-order chi connectivity index (χ0) is 17.5. The van der Waals surface area contributed by atoms with Gasteiger partial charge < -0.3 is 10.5 Å². The normalized spacial score (nSPS) is 12.3. The van der Waals surface area contributed by atoms with Gasteiger partial charge >= 0.3 is 5.97 Å². The van der Waals surface area contributed by atoms with E-state index in [1.165, 1.54) is 6.08 Å². The van der Waals surface area contributed by atoms with Crippen LogP contribution in [0.4, 0.5) is 0 Å². The Hall–Kier alpha value is -1.81. The summed E-state index contributed by atoms with van der Waals surface area (Å²) in [6.07, 6.45) is 3.66. The second-order valence-corrected chi connectivity index (χ2v) is 6.21. The molecule has 1 atom stereocenters. The molecular weight excluding hydrogens is 345 g/mol. The highest BCUT2D eigenvalue weighted by Crippen LogP contribution is 2.27. The molecule has 0 aromatic heterocycles. The molecule has 0 spiro atoms. The van der Waals surface area contributed by atoms with E-state index in [2.05, 4.69) is 0 Å². The van der Waals surface area contributed by atoms with Crippen molar-refractivity contribution in [1.82, 2.24) is 0 Å². The van der Waals surface area contributed by atoms with Gasteiger partial charge in [0, 0.05) is 22.2 Å². The van der Waals surface area contributed by atoms with Crippen molar-refractivity contribution in [1.29, 1.82) is 0 Å². The summed E-state index contributed by atoms with van der Waals surface area (Å²) in [6, 6.07) is 13.2. The van der Waals surface area contributed by atoms with Crippen molar-refractivity contribution >= 4 is 29.2 Å². The van der Waals surface area contributed by atoms with Gasteiger partial charge in [-0.25, -0.2) is 4.79 Å². The molecular formula is C19H19Cl2NO2. The van der Waals surface area contributed by atoms with Crippen molar-refractivity contribution in [2.24, 2.45) is 5.73 Å². The Morgan fingerprint density at radius 2 is 1.75 bits per heavy atom. The Morgan fingerprint density at radius 3 is 2.33 bits per heavy atom. The summed E-state index contributed by atoms with van der Waals surface area (Å²) < 4.78 is 4.82. The standard InChI is InChI=1S/C19H19Cl2NO2/c1-2-24-19(23)8-7-18(22)9-13-3-5-14(6-4-13)15-10-16(20)12-17(21)11-15/h3-8,10-12,18H,2,9,22H2,1H3/b8-7+/t18-/m0/s1. The van der Waals surface area contributed by atoms with Crippen LogP contribution in [0.5, 0.6) is 0 Å². The average molecular weight is 364 g/mol. The van der Waals surface area contributed by atoms with Gasteiger partial charge in [0.1, 0.15) is 0 Å². The molecule has 0 heterocycles. The Bertz CT molecular complexity index is 706. The van der Waals surface area contributed by atoms with Gasteiger partial charge in [-0.05, 0) is 48.2 Å². The number of ether oxygens (including phenoxy) is 1. The predicted octanol–water partition coefficient (Wildman–Crippen LogP) is 4.65. The SMILES string of the molecule is CCOC(=O)/C=C/[C@H](N)Cc1ccc(-c2cc(Cl)cc(Cl)c2)cc1.